The number of rotatable bonds is 2. The van der Waals surface area contributed by atoms with Gasteiger partial charge < -0.3 is 5.73 Å². The van der Waals surface area contributed by atoms with Gasteiger partial charge in [0.1, 0.15) is 10.8 Å². The van der Waals surface area contributed by atoms with E-state index in [1.165, 1.54) is 30.0 Å². The lowest BCUT2D eigenvalue weighted by Gasteiger charge is -2.03. The zero-order valence-corrected chi connectivity index (χ0v) is 8.54. The molecule has 1 aromatic carbocycles. The van der Waals surface area contributed by atoms with Gasteiger partial charge in [0, 0.05) is 23.0 Å². The second-order valence-corrected chi connectivity index (χ2v) is 3.89. The van der Waals surface area contributed by atoms with Crippen molar-refractivity contribution in [1.29, 1.82) is 0 Å². The normalized spacial score (nSPS) is 10.2. The molecular weight excluding hydrogens is 213 g/mol. The van der Waals surface area contributed by atoms with Crippen LogP contribution in [0.2, 0.25) is 0 Å². The minimum Gasteiger partial charge on any atom is -0.398 e. The van der Waals surface area contributed by atoms with Crippen LogP contribution < -0.4 is 5.73 Å². The molecule has 0 saturated carbocycles. The van der Waals surface area contributed by atoms with Gasteiger partial charge in [0.2, 0.25) is 0 Å². The Hall–Kier alpha value is -1.62. The lowest BCUT2D eigenvalue weighted by atomic mass is 10.3. The first-order chi connectivity index (χ1) is 7.25. The van der Waals surface area contributed by atoms with Crippen molar-refractivity contribution < 1.29 is 4.39 Å². The second kappa shape index (κ2) is 4.27. The molecular formula is C10H8FN3S. The largest absolute Gasteiger partial charge is 0.398 e. The molecule has 2 aromatic rings. The van der Waals surface area contributed by atoms with E-state index in [2.05, 4.69) is 9.97 Å². The van der Waals surface area contributed by atoms with Crippen molar-refractivity contribution in [3.05, 3.63) is 42.6 Å². The first-order valence-electron chi connectivity index (χ1n) is 4.24. The molecule has 0 unspecified atom stereocenters. The second-order valence-electron chi connectivity index (χ2n) is 2.83. The summed E-state index contributed by atoms with van der Waals surface area (Å²) in [4.78, 5) is 8.63. The van der Waals surface area contributed by atoms with E-state index >= 15 is 0 Å². The molecule has 0 aliphatic rings. The number of aromatic nitrogens is 2. The van der Waals surface area contributed by atoms with Gasteiger partial charge in [0.05, 0.1) is 6.20 Å². The molecule has 2 rings (SSSR count). The monoisotopic (exact) mass is 221 g/mol. The van der Waals surface area contributed by atoms with E-state index in [1.54, 1.807) is 18.6 Å². The third kappa shape index (κ3) is 2.44. The average Bonchev–Trinajstić information content (AvgIpc) is 2.25. The maximum Gasteiger partial charge on any atom is 0.124 e. The van der Waals surface area contributed by atoms with E-state index in [-0.39, 0.29) is 5.82 Å². The Morgan fingerprint density at radius 1 is 1.27 bits per heavy atom. The Morgan fingerprint density at radius 3 is 2.87 bits per heavy atom. The van der Waals surface area contributed by atoms with Crippen LogP contribution in [0, 0.1) is 5.82 Å². The summed E-state index contributed by atoms with van der Waals surface area (Å²) in [5.74, 6) is -0.310. The van der Waals surface area contributed by atoms with Crippen molar-refractivity contribution in [3.63, 3.8) is 0 Å². The molecule has 0 aliphatic carbocycles. The Morgan fingerprint density at radius 2 is 2.13 bits per heavy atom. The molecule has 0 fully saturated rings. The predicted octanol–water partition coefficient (Wildman–Crippen LogP) is 2.35. The predicted molar refractivity (Wildman–Crippen MR) is 57.0 cm³/mol. The third-order valence-corrected chi connectivity index (χ3v) is 2.72. The highest BCUT2D eigenvalue weighted by molar-refractivity contribution is 7.99. The van der Waals surface area contributed by atoms with E-state index in [4.69, 9.17) is 5.73 Å². The standard InChI is InChI=1S/C10H8FN3S/c11-7-1-2-8(12)9(5-7)15-10-6-13-3-4-14-10/h1-6H,12H2. The van der Waals surface area contributed by atoms with Gasteiger partial charge in [-0.2, -0.15) is 0 Å². The highest BCUT2D eigenvalue weighted by Gasteiger charge is 2.04. The molecule has 0 spiro atoms. The van der Waals surface area contributed by atoms with Crippen LogP contribution >= 0.6 is 11.8 Å². The fraction of sp³-hybridized carbons (Fsp3) is 0. The highest BCUT2D eigenvalue weighted by atomic mass is 32.2. The van der Waals surface area contributed by atoms with Gasteiger partial charge in [0.25, 0.3) is 0 Å². The summed E-state index contributed by atoms with van der Waals surface area (Å²) in [5.41, 5.74) is 6.24. The smallest absolute Gasteiger partial charge is 0.124 e. The van der Waals surface area contributed by atoms with Gasteiger partial charge >= 0.3 is 0 Å². The summed E-state index contributed by atoms with van der Waals surface area (Å²) in [5, 5.41) is 0.690. The van der Waals surface area contributed by atoms with Gasteiger partial charge in [-0.3, -0.25) is 4.98 Å². The van der Waals surface area contributed by atoms with Crippen molar-refractivity contribution in [2.75, 3.05) is 5.73 Å². The third-order valence-electron chi connectivity index (χ3n) is 1.73. The fourth-order valence-corrected chi connectivity index (χ4v) is 1.86. The number of nitrogens with two attached hydrogens (primary N) is 1. The molecule has 1 aromatic heterocycles. The lowest BCUT2D eigenvalue weighted by molar-refractivity contribution is 0.624. The number of hydrogen-bond acceptors (Lipinski definition) is 4. The van der Waals surface area contributed by atoms with Gasteiger partial charge in [-0.1, -0.05) is 11.8 Å². The minimum atomic E-state index is -0.310. The summed E-state index contributed by atoms with van der Waals surface area (Å²) < 4.78 is 12.9. The number of anilines is 1. The summed E-state index contributed by atoms with van der Waals surface area (Å²) in [7, 11) is 0. The topological polar surface area (TPSA) is 51.8 Å². The van der Waals surface area contributed by atoms with E-state index in [1.807, 2.05) is 0 Å². The van der Waals surface area contributed by atoms with Crippen LogP contribution in [0.25, 0.3) is 0 Å². The van der Waals surface area contributed by atoms with Gasteiger partial charge in [0.15, 0.2) is 0 Å². The highest BCUT2D eigenvalue weighted by Crippen LogP contribution is 2.30. The SMILES string of the molecule is Nc1ccc(F)cc1Sc1cnccn1. The summed E-state index contributed by atoms with van der Waals surface area (Å²) in [6.07, 6.45) is 4.77. The molecule has 3 nitrogen and oxygen atoms in total. The van der Waals surface area contributed by atoms with E-state index in [0.717, 1.165) is 0 Å². The van der Waals surface area contributed by atoms with E-state index < -0.39 is 0 Å². The van der Waals surface area contributed by atoms with Gasteiger partial charge in [-0.05, 0) is 18.2 Å². The van der Waals surface area contributed by atoms with Crippen LogP contribution in [0.3, 0.4) is 0 Å². The molecule has 5 heteroatoms. The zero-order valence-electron chi connectivity index (χ0n) is 7.72. The Labute approximate surface area is 90.6 Å². The van der Waals surface area contributed by atoms with Crippen molar-refractivity contribution in [2.24, 2.45) is 0 Å². The molecule has 0 radical (unpaired) electrons. The van der Waals surface area contributed by atoms with E-state index in [9.17, 15) is 4.39 Å². The number of halogens is 1. The van der Waals surface area contributed by atoms with Crippen molar-refractivity contribution in [2.45, 2.75) is 9.92 Å². The maximum absolute atomic E-state index is 12.9. The number of nitrogen functional groups attached to an aromatic ring is 1. The van der Waals surface area contributed by atoms with Crippen LogP contribution in [-0.4, -0.2) is 9.97 Å². The molecule has 0 aliphatic heterocycles. The van der Waals surface area contributed by atoms with Crippen LogP contribution in [0.4, 0.5) is 10.1 Å². The summed E-state index contributed by atoms with van der Waals surface area (Å²) >= 11 is 1.29. The average molecular weight is 221 g/mol. The quantitative estimate of drug-likeness (QED) is 0.791. The van der Waals surface area contributed by atoms with Crippen LogP contribution in [0.5, 0.6) is 0 Å². The van der Waals surface area contributed by atoms with Crippen molar-refractivity contribution >= 4 is 17.4 Å². The molecule has 1 heterocycles. The maximum atomic E-state index is 12.9. The first-order valence-corrected chi connectivity index (χ1v) is 5.06. The van der Waals surface area contributed by atoms with Crippen molar-refractivity contribution in [3.8, 4) is 0 Å². The molecule has 0 amide bonds. The fourth-order valence-electron chi connectivity index (χ4n) is 1.05. The summed E-state index contributed by atoms with van der Waals surface area (Å²) in [6.45, 7) is 0. The number of benzene rings is 1. The lowest BCUT2D eigenvalue weighted by Crippen LogP contribution is -1.90. The Bertz CT molecular complexity index is 461. The van der Waals surface area contributed by atoms with Gasteiger partial charge in [-0.15, -0.1) is 0 Å². The van der Waals surface area contributed by atoms with Crippen LogP contribution in [0.15, 0.2) is 46.7 Å². The number of nitrogens with zero attached hydrogens (tertiary/aromatic N) is 2. The molecule has 0 atom stereocenters. The zero-order chi connectivity index (χ0) is 10.7. The first kappa shape index (κ1) is 9.92. The Balaban J connectivity index is 2.28. The molecule has 2 N–H and O–H groups in total. The van der Waals surface area contributed by atoms with Gasteiger partial charge in [-0.25, -0.2) is 9.37 Å². The molecule has 0 saturated heterocycles. The summed E-state index contributed by atoms with van der Waals surface area (Å²) in [6, 6.07) is 4.25. The Kier molecular flexibility index (Phi) is 2.82. The van der Waals surface area contributed by atoms with Crippen LogP contribution in [-0.2, 0) is 0 Å². The van der Waals surface area contributed by atoms with Crippen LogP contribution in [0.1, 0.15) is 0 Å². The molecule has 15 heavy (non-hydrogen) atoms. The minimum absolute atomic E-state index is 0.310. The molecule has 0 bridgehead atoms. The number of hydrogen-bond donors (Lipinski definition) is 1. The molecule has 76 valence electrons. The van der Waals surface area contributed by atoms with E-state index in [0.29, 0.717) is 15.6 Å². The van der Waals surface area contributed by atoms with Crippen molar-refractivity contribution in [1.82, 2.24) is 9.97 Å².